The molecule has 0 bridgehead atoms. The highest BCUT2D eigenvalue weighted by molar-refractivity contribution is 4.99. The highest BCUT2D eigenvalue weighted by atomic mass is 19.3. The molecular weight excluding hydrogens is 596 g/mol. The standard InChI is InChI=1S/C17H35F2N.C13H26.C9H19F2N.C2H6/c1-8-9-14(2,3)12-15(4,5)10-11-16(6,7)17(18,19)13-20;1-8-12(4,5)10-13(6,7)9-11(2)3;1-7(2,3)9(10,11)8(4,5)12-6;1-2/h8-13,20H2,1-7H3;8,11H,1,9-10H2,2-7H3;12H,1-6H3;1-2H3. The number of nitrogens with two attached hydrogens (primary N) is 1. The average molecular weight is 683 g/mol. The molecule has 3 N–H and O–H groups in total. The molecule has 2 nitrogen and oxygen atoms in total. The van der Waals surface area contributed by atoms with Gasteiger partial charge in [-0.25, -0.2) is 17.6 Å². The fraction of sp³-hybridized carbons (Fsp3) is 0.951. The fourth-order valence-corrected chi connectivity index (χ4v) is 6.84. The molecule has 0 heterocycles. The van der Waals surface area contributed by atoms with Gasteiger partial charge in [-0.1, -0.05) is 137 Å². The number of alkyl halides is 4. The van der Waals surface area contributed by atoms with Crippen molar-refractivity contribution in [3.63, 3.8) is 0 Å². The van der Waals surface area contributed by atoms with Crippen LogP contribution in [-0.2, 0) is 0 Å². The molecule has 0 atom stereocenters. The molecular formula is C41H86F4N2. The van der Waals surface area contributed by atoms with E-state index in [1.807, 2.05) is 13.8 Å². The van der Waals surface area contributed by atoms with E-state index < -0.39 is 34.8 Å². The minimum absolute atomic E-state index is 0.0839. The minimum Gasteiger partial charge on any atom is -0.325 e. The third kappa shape index (κ3) is 21.3. The van der Waals surface area contributed by atoms with Crippen LogP contribution in [0, 0.1) is 38.4 Å². The first kappa shape index (κ1) is 53.2. The predicted molar refractivity (Wildman–Crippen MR) is 205 cm³/mol. The van der Waals surface area contributed by atoms with Crippen LogP contribution in [0.3, 0.4) is 0 Å². The summed E-state index contributed by atoms with van der Waals surface area (Å²) in [6, 6.07) is 0. The van der Waals surface area contributed by atoms with Gasteiger partial charge in [0, 0.05) is 10.8 Å². The van der Waals surface area contributed by atoms with Crippen molar-refractivity contribution in [3.8, 4) is 0 Å². The van der Waals surface area contributed by atoms with Gasteiger partial charge in [-0.05, 0) is 87.0 Å². The zero-order chi connectivity index (χ0) is 39.1. The van der Waals surface area contributed by atoms with E-state index in [9.17, 15) is 17.6 Å². The molecule has 0 aromatic rings. The van der Waals surface area contributed by atoms with Crippen molar-refractivity contribution in [2.45, 2.75) is 201 Å². The SMILES string of the molecule is C=CC(C)(C)CC(C)(C)CC(C)C.CC.CCCC(C)(C)CC(C)(C)CCC(C)(C)C(F)(F)CN.CNC(C)(C)C(F)(F)C(C)(C)C. The summed E-state index contributed by atoms with van der Waals surface area (Å²) in [6.07, 6.45) is 9.33. The van der Waals surface area contributed by atoms with E-state index in [0.717, 1.165) is 18.8 Å². The van der Waals surface area contributed by atoms with Crippen molar-refractivity contribution in [1.82, 2.24) is 5.32 Å². The third-order valence-electron chi connectivity index (χ3n) is 9.36. The molecule has 0 aliphatic heterocycles. The van der Waals surface area contributed by atoms with Crippen LogP contribution in [-0.4, -0.2) is 31.0 Å². The van der Waals surface area contributed by atoms with Crippen molar-refractivity contribution >= 4 is 0 Å². The maximum atomic E-state index is 13.8. The van der Waals surface area contributed by atoms with E-state index >= 15 is 0 Å². The molecule has 6 heteroatoms. The molecule has 0 amide bonds. The molecule has 288 valence electrons. The van der Waals surface area contributed by atoms with Gasteiger partial charge >= 0.3 is 0 Å². The summed E-state index contributed by atoms with van der Waals surface area (Å²) in [5.41, 5.74) is 3.09. The van der Waals surface area contributed by atoms with Gasteiger partial charge in [-0.2, -0.15) is 0 Å². The van der Waals surface area contributed by atoms with Gasteiger partial charge in [-0.15, -0.1) is 6.58 Å². The monoisotopic (exact) mass is 683 g/mol. The summed E-state index contributed by atoms with van der Waals surface area (Å²) in [7, 11) is 1.56. The number of allylic oxidation sites excluding steroid dienone is 1. The number of hydrogen-bond donors (Lipinski definition) is 2. The third-order valence-corrected chi connectivity index (χ3v) is 9.36. The van der Waals surface area contributed by atoms with E-state index in [4.69, 9.17) is 5.73 Å². The summed E-state index contributed by atoms with van der Waals surface area (Å²) >= 11 is 0. The molecule has 0 aromatic carbocycles. The molecule has 47 heavy (non-hydrogen) atoms. The summed E-state index contributed by atoms with van der Waals surface area (Å²) in [4.78, 5) is 0. The van der Waals surface area contributed by atoms with Crippen molar-refractivity contribution in [3.05, 3.63) is 12.7 Å². The highest BCUT2D eigenvalue weighted by Gasteiger charge is 2.54. The number of nitrogens with one attached hydrogen (secondary N) is 1. The van der Waals surface area contributed by atoms with Crippen LogP contribution in [0.2, 0.25) is 0 Å². The van der Waals surface area contributed by atoms with Crippen LogP contribution < -0.4 is 11.1 Å². The maximum Gasteiger partial charge on any atom is 0.270 e. The quantitative estimate of drug-likeness (QED) is 0.126. The average Bonchev–Trinajstić information content (AvgIpc) is 2.86. The number of rotatable bonds is 16. The fourth-order valence-electron chi connectivity index (χ4n) is 6.84. The minimum atomic E-state index is -2.79. The lowest BCUT2D eigenvalue weighted by Gasteiger charge is -2.42. The lowest BCUT2D eigenvalue weighted by molar-refractivity contribution is -0.153. The van der Waals surface area contributed by atoms with Gasteiger partial charge in [-0.3, -0.25) is 0 Å². The molecule has 0 spiro atoms. The molecule has 0 saturated heterocycles. The van der Waals surface area contributed by atoms with Crippen molar-refractivity contribution < 1.29 is 17.6 Å². The van der Waals surface area contributed by atoms with E-state index in [1.165, 1.54) is 39.5 Å². The van der Waals surface area contributed by atoms with Crippen LogP contribution in [0.5, 0.6) is 0 Å². The smallest absolute Gasteiger partial charge is 0.270 e. The van der Waals surface area contributed by atoms with Gasteiger partial charge in [0.2, 0.25) is 0 Å². The van der Waals surface area contributed by atoms with Crippen molar-refractivity contribution in [1.29, 1.82) is 0 Å². The summed E-state index contributed by atoms with van der Waals surface area (Å²) in [5.74, 6) is -4.73. The van der Waals surface area contributed by atoms with E-state index in [0.29, 0.717) is 11.8 Å². The summed E-state index contributed by atoms with van der Waals surface area (Å²) in [6.45, 7) is 43.2. The van der Waals surface area contributed by atoms with Crippen molar-refractivity contribution in [2.75, 3.05) is 13.6 Å². The Morgan fingerprint density at radius 3 is 1.36 bits per heavy atom. The van der Waals surface area contributed by atoms with Crippen LogP contribution in [0.25, 0.3) is 0 Å². The predicted octanol–water partition coefficient (Wildman–Crippen LogP) is 14.0. The van der Waals surface area contributed by atoms with E-state index in [2.05, 4.69) is 94.1 Å². The number of hydrogen-bond acceptors (Lipinski definition) is 2. The van der Waals surface area contributed by atoms with E-state index in [1.54, 1.807) is 41.7 Å². The molecule has 0 unspecified atom stereocenters. The van der Waals surface area contributed by atoms with Gasteiger partial charge < -0.3 is 11.1 Å². The lowest BCUT2D eigenvalue weighted by atomic mass is 9.68. The largest absolute Gasteiger partial charge is 0.325 e. The Kier molecular flexibility index (Phi) is 23.0. The Balaban J connectivity index is -0.000000300. The molecule has 0 aliphatic rings. The Hall–Kier alpha value is -0.620. The van der Waals surface area contributed by atoms with Crippen LogP contribution in [0.4, 0.5) is 17.6 Å². The van der Waals surface area contributed by atoms with Crippen molar-refractivity contribution in [2.24, 2.45) is 44.1 Å². The molecule has 0 saturated carbocycles. The van der Waals surface area contributed by atoms with E-state index in [-0.39, 0.29) is 16.2 Å². The highest BCUT2D eigenvalue weighted by Crippen LogP contribution is 2.46. The second-order valence-electron chi connectivity index (χ2n) is 19.4. The normalized spacial score (nSPS) is 13.9. The first-order valence-corrected chi connectivity index (χ1v) is 18.3. The van der Waals surface area contributed by atoms with Gasteiger partial charge in [0.15, 0.2) is 0 Å². The first-order valence-electron chi connectivity index (χ1n) is 18.3. The molecule has 0 radical (unpaired) electrons. The molecule has 0 aliphatic carbocycles. The molecule has 0 aromatic heterocycles. The topological polar surface area (TPSA) is 38.0 Å². The molecule has 0 fully saturated rings. The first-order chi connectivity index (χ1) is 20.5. The van der Waals surface area contributed by atoms with Gasteiger partial charge in [0.25, 0.3) is 11.8 Å². The molecule has 0 rings (SSSR count). The lowest BCUT2D eigenvalue weighted by Crippen LogP contribution is -2.58. The Labute approximate surface area is 293 Å². The Morgan fingerprint density at radius 2 is 1.09 bits per heavy atom. The van der Waals surface area contributed by atoms with Gasteiger partial charge in [0.05, 0.1) is 12.1 Å². The van der Waals surface area contributed by atoms with Crippen LogP contribution in [0.15, 0.2) is 12.7 Å². The number of halogens is 4. The maximum absolute atomic E-state index is 13.8. The summed E-state index contributed by atoms with van der Waals surface area (Å²) in [5, 5.41) is 2.64. The summed E-state index contributed by atoms with van der Waals surface area (Å²) < 4.78 is 55.0. The van der Waals surface area contributed by atoms with Crippen LogP contribution in [0.1, 0.15) is 183 Å². The Bertz CT molecular complexity index is 829. The second kappa shape index (κ2) is 20.3. The van der Waals surface area contributed by atoms with Crippen LogP contribution >= 0.6 is 0 Å². The second-order valence-corrected chi connectivity index (χ2v) is 19.4. The zero-order valence-corrected chi connectivity index (χ0v) is 35.6. The van der Waals surface area contributed by atoms with Gasteiger partial charge in [0.1, 0.15) is 0 Å². The zero-order valence-electron chi connectivity index (χ0n) is 35.6. The Morgan fingerprint density at radius 1 is 0.681 bits per heavy atom.